The van der Waals surface area contributed by atoms with E-state index in [4.69, 9.17) is 10.5 Å². The van der Waals surface area contributed by atoms with E-state index < -0.39 is 0 Å². The number of rotatable bonds is 1. The topological polar surface area (TPSA) is 58.8 Å². The molecule has 2 aliphatic rings. The second-order valence-electron chi connectivity index (χ2n) is 4.81. The largest absolute Gasteiger partial charge is 0.378 e. The van der Waals surface area contributed by atoms with Gasteiger partial charge in [-0.1, -0.05) is 12.8 Å². The summed E-state index contributed by atoms with van der Waals surface area (Å²) in [6.07, 6.45) is 4.55. The minimum absolute atomic E-state index is 0.158. The van der Waals surface area contributed by atoms with Crippen molar-refractivity contribution in [1.29, 1.82) is 0 Å². The zero-order valence-electron chi connectivity index (χ0n) is 10.4. The van der Waals surface area contributed by atoms with Crippen molar-refractivity contribution in [2.75, 3.05) is 39.4 Å². The molecule has 2 N–H and O–H groups in total. The molecule has 0 spiro atoms. The summed E-state index contributed by atoms with van der Waals surface area (Å²) in [6.45, 7) is 4.19. The van der Waals surface area contributed by atoms with Gasteiger partial charge in [-0.25, -0.2) is 4.79 Å². The fourth-order valence-corrected chi connectivity index (χ4v) is 2.61. The van der Waals surface area contributed by atoms with Gasteiger partial charge in [0.25, 0.3) is 0 Å². The zero-order chi connectivity index (χ0) is 12.1. The van der Waals surface area contributed by atoms with Gasteiger partial charge in [-0.2, -0.15) is 0 Å². The Kier molecular flexibility index (Phi) is 4.62. The molecule has 2 amide bonds. The Morgan fingerprint density at radius 2 is 1.94 bits per heavy atom. The van der Waals surface area contributed by atoms with E-state index in [0.717, 1.165) is 19.4 Å². The monoisotopic (exact) mass is 241 g/mol. The molecule has 1 atom stereocenters. The number of nitrogens with zero attached hydrogens (tertiary/aromatic N) is 2. The van der Waals surface area contributed by atoms with E-state index in [1.807, 2.05) is 9.80 Å². The summed E-state index contributed by atoms with van der Waals surface area (Å²) in [4.78, 5) is 16.3. The predicted octanol–water partition coefficient (Wildman–Crippen LogP) is 0.642. The van der Waals surface area contributed by atoms with Crippen molar-refractivity contribution in [2.45, 2.75) is 31.7 Å². The van der Waals surface area contributed by atoms with Gasteiger partial charge in [0, 0.05) is 32.2 Å². The Morgan fingerprint density at radius 1 is 1.18 bits per heavy atom. The number of ether oxygens (including phenoxy) is 1. The Bertz CT molecular complexity index is 254. The van der Waals surface area contributed by atoms with Crippen LogP contribution < -0.4 is 5.73 Å². The minimum Gasteiger partial charge on any atom is -0.378 e. The molecule has 1 unspecified atom stereocenters. The lowest BCUT2D eigenvalue weighted by Gasteiger charge is -2.36. The fraction of sp³-hybridized carbons (Fsp3) is 0.917. The van der Waals surface area contributed by atoms with Gasteiger partial charge in [0.15, 0.2) is 0 Å². The second-order valence-corrected chi connectivity index (χ2v) is 4.81. The van der Waals surface area contributed by atoms with Gasteiger partial charge in [0.05, 0.1) is 13.2 Å². The highest BCUT2D eigenvalue weighted by Crippen LogP contribution is 2.18. The lowest BCUT2D eigenvalue weighted by Crippen LogP contribution is -2.53. The van der Waals surface area contributed by atoms with Gasteiger partial charge in [-0.15, -0.1) is 0 Å². The molecule has 5 heteroatoms. The maximum absolute atomic E-state index is 12.4. The maximum atomic E-state index is 12.4. The average Bonchev–Trinajstić information content (AvgIpc) is 2.64. The van der Waals surface area contributed by atoms with E-state index in [1.54, 1.807) is 0 Å². The normalized spacial score (nSPS) is 26.8. The van der Waals surface area contributed by atoms with Gasteiger partial charge in [0.2, 0.25) is 0 Å². The molecule has 0 saturated carbocycles. The molecule has 5 nitrogen and oxygen atoms in total. The van der Waals surface area contributed by atoms with Crippen molar-refractivity contribution in [3.8, 4) is 0 Å². The summed E-state index contributed by atoms with van der Waals surface area (Å²) >= 11 is 0. The van der Waals surface area contributed by atoms with Gasteiger partial charge in [0.1, 0.15) is 0 Å². The van der Waals surface area contributed by atoms with Crippen LogP contribution in [0.4, 0.5) is 4.79 Å². The molecule has 2 saturated heterocycles. The highest BCUT2D eigenvalue weighted by molar-refractivity contribution is 5.75. The molecule has 98 valence electrons. The van der Waals surface area contributed by atoms with Crippen LogP contribution in [0.5, 0.6) is 0 Å². The van der Waals surface area contributed by atoms with E-state index in [1.165, 1.54) is 12.8 Å². The zero-order valence-corrected chi connectivity index (χ0v) is 10.4. The van der Waals surface area contributed by atoms with Crippen molar-refractivity contribution in [3.63, 3.8) is 0 Å². The van der Waals surface area contributed by atoms with E-state index in [9.17, 15) is 4.79 Å². The van der Waals surface area contributed by atoms with Crippen LogP contribution >= 0.6 is 0 Å². The lowest BCUT2D eigenvalue weighted by atomic mass is 10.1. The molecule has 0 aromatic heterocycles. The van der Waals surface area contributed by atoms with Gasteiger partial charge >= 0.3 is 6.03 Å². The first-order valence-corrected chi connectivity index (χ1v) is 6.66. The number of nitrogens with two attached hydrogens (primary N) is 1. The third kappa shape index (κ3) is 3.10. The van der Waals surface area contributed by atoms with Crippen LogP contribution in [0.3, 0.4) is 0 Å². The smallest absolute Gasteiger partial charge is 0.320 e. The van der Waals surface area contributed by atoms with Crippen LogP contribution in [0.15, 0.2) is 0 Å². The molecule has 17 heavy (non-hydrogen) atoms. The molecule has 2 fully saturated rings. The summed E-state index contributed by atoms with van der Waals surface area (Å²) in [6, 6.07) is 0.387. The summed E-state index contributed by atoms with van der Waals surface area (Å²) in [5, 5.41) is 0. The van der Waals surface area contributed by atoms with Crippen LogP contribution in [0.25, 0.3) is 0 Å². The van der Waals surface area contributed by atoms with E-state index in [2.05, 4.69) is 0 Å². The third-order valence-electron chi connectivity index (χ3n) is 3.68. The van der Waals surface area contributed by atoms with Crippen molar-refractivity contribution < 1.29 is 9.53 Å². The summed E-state index contributed by atoms with van der Waals surface area (Å²) in [7, 11) is 0. The highest BCUT2D eigenvalue weighted by Gasteiger charge is 2.28. The first-order chi connectivity index (χ1) is 8.33. The molecule has 0 aliphatic carbocycles. The lowest BCUT2D eigenvalue weighted by molar-refractivity contribution is 0.0397. The Balaban J connectivity index is 1.98. The third-order valence-corrected chi connectivity index (χ3v) is 3.68. The standard InChI is InChI=1S/C12H23N3O2/c13-10-11-4-2-1-3-5-15(11)12(16)14-6-8-17-9-7-14/h11H,1-10,13H2. The van der Waals surface area contributed by atoms with E-state index >= 15 is 0 Å². The van der Waals surface area contributed by atoms with Crippen LogP contribution in [-0.2, 0) is 4.74 Å². The molecule has 0 radical (unpaired) electrons. The molecule has 0 aromatic carbocycles. The number of carbonyl (C=O) groups excluding carboxylic acids is 1. The van der Waals surface area contributed by atoms with Crippen molar-refractivity contribution in [3.05, 3.63) is 0 Å². The number of hydrogen-bond donors (Lipinski definition) is 1. The fourth-order valence-electron chi connectivity index (χ4n) is 2.61. The summed E-state index contributed by atoms with van der Waals surface area (Å²) in [5.74, 6) is 0. The van der Waals surface area contributed by atoms with E-state index in [0.29, 0.717) is 32.8 Å². The summed E-state index contributed by atoms with van der Waals surface area (Å²) < 4.78 is 5.28. The number of morpholine rings is 1. The first kappa shape index (κ1) is 12.6. The SMILES string of the molecule is NCC1CCCCCN1C(=O)N1CCOCC1. The quantitative estimate of drug-likeness (QED) is 0.733. The molecule has 2 aliphatic heterocycles. The second kappa shape index (κ2) is 6.21. The van der Waals surface area contributed by atoms with Crippen LogP contribution in [0, 0.1) is 0 Å². The van der Waals surface area contributed by atoms with Gasteiger partial charge in [-0.05, 0) is 12.8 Å². The van der Waals surface area contributed by atoms with E-state index in [-0.39, 0.29) is 12.1 Å². The molecular formula is C12H23N3O2. The number of carbonyl (C=O) groups is 1. The number of amides is 2. The average molecular weight is 241 g/mol. The number of hydrogen-bond acceptors (Lipinski definition) is 3. The van der Waals surface area contributed by atoms with Crippen LogP contribution in [0.2, 0.25) is 0 Å². The molecular weight excluding hydrogens is 218 g/mol. The molecule has 0 bridgehead atoms. The molecule has 2 rings (SSSR count). The van der Waals surface area contributed by atoms with Crippen LogP contribution in [-0.4, -0.2) is 61.3 Å². The minimum atomic E-state index is 0.158. The Morgan fingerprint density at radius 3 is 2.65 bits per heavy atom. The summed E-state index contributed by atoms with van der Waals surface area (Å²) in [5.41, 5.74) is 5.79. The Labute approximate surface area is 103 Å². The maximum Gasteiger partial charge on any atom is 0.320 e. The first-order valence-electron chi connectivity index (χ1n) is 6.66. The van der Waals surface area contributed by atoms with Gasteiger partial charge < -0.3 is 20.3 Å². The Hall–Kier alpha value is -0.810. The number of urea groups is 1. The highest BCUT2D eigenvalue weighted by atomic mass is 16.5. The van der Waals surface area contributed by atoms with Gasteiger partial charge in [-0.3, -0.25) is 0 Å². The molecule has 0 aromatic rings. The molecule has 2 heterocycles. The number of likely N-dealkylation sites (tertiary alicyclic amines) is 1. The van der Waals surface area contributed by atoms with Crippen molar-refractivity contribution in [1.82, 2.24) is 9.80 Å². The van der Waals surface area contributed by atoms with Crippen molar-refractivity contribution >= 4 is 6.03 Å². The predicted molar refractivity (Wildman–Crippen MR) is 65.8 cm³/mol. The van der Waals surface area contributed by atoms with Crippen LogP contribution in [0.1, 0.15) is 25.7 Å². The van der Waals surface area contributed by atoms with Crippen molar-refractivity contribution in [2.24, 2.45) is 5.73 Å².